The fourth-order valence-corrected chi connectivity index (χ4v) is 2.71. The van der Waals surface area contributed by atoms with E-state index in [2.05, 4.69) is 21.3 Å². The van der Waals surface area contributed by atoms with Crippen LogP contribution < -0.4 is 21.3 Å². The summed E-state index contributed by atoms with van der Waals surface area (Å²) in [4.78, 5) is 22.9. The highest BCUT2D eigenvalue weighted by Crippen LogP contribution is 2.29. The number of rotatable bonds is 4. The molecule has 0 unspecified atom stereocenters. The predicted molar refractivity (Wildman–Crippen MR) is 113 cm³/mol. The lowest BCUT2D eigenvalue weighted by atomic mass is 10.1. The van der Waals surface area contributed by atoms with Crippen LogP contribution in [0.4, 0.5) is 11.4 Å². The molecule has 2 aromatic carbocycles. The summed E-state index contributed by atoms with van der Waals surface area (Å²) in [5, 5.41) is 13.6. The van der Waals surface area contributed by atoms with Gasteiger partial charge in [-0.2, -0.15) is 0 Å². The van der Waals surface area contributed by atoms with Crippen LogP contribution in [0.3, 0.4) is 0 Å². The highest BCUT2D eigenvalue weighted by Gasteiger charge is 2.09. The molecule has 0 heterocycles. The zero-order chi connectivity index (χ0) is 19.1. The number of hydrogen-bond donors (Lipinski definition) is 4. The smallest absolute Gasteiger partial charge is 0.225 e. The molecule has 0 atom stereocenters. The molecule has 4 N–H and O–H groups in total. The molecule has 0 spiro atoms. The summed E-state index contributed by atoms with van der Waals surface area (Å²) in [6.45, 7) is 3.52. The van der Waals surface area contributed by atoms with Crippen LogP contribution in [0.1, 0.15) is 26.7 Å². The number of thiocarbonyl (C=S) groups is 2. The molecule has 0 fully saturated rings. The fourth-order valence-electron chi connectivity index (χ4n) is 2.27. The van der Waals surface area contributed by atoms with Crippen molar-refractivity contribution in [3.05, 3.63) is 36.4 Å². The van der Waals surface area contributed by atoms with E-state index in [1.54, 1.807) is 13.8 Å². The average Bonchev–Trinajstić information content (AvgIpc) is 2.62. The van der Waals surface area contributed by atoms with Crippen LogP contribution in [0, 0.1) is 0 Å². The maximum Gasteiger partial charge on any atom is 0.225 e. The van der Waals surface area contributed by atoms with Gasteiger partial charge in [-0.25, -0.2) is 0 Å². The van der Waals surface area contributed by atoms with E-state index in [-0.39, 0.29) is 22.0 Å². The summed E-state index contributed by atoms with van der Waals surface area (Å²) in [6, 6.07) is 11.3. The Morgan fingerprint density at radius 2 is 1.15 bits per heavy atom. The number of amides is 2. The third-order valence-electron chi connectivity index (χ3n) is 3.57. The van der Waals surface area contributed by atoms with Gasteiger partial charge in [-0.1, -0.05) is 38.1 Å². The molecule has 8 heteroatoms. The minimum absolute atomic E-state index is 0.151. The van der Waals surface area contributed by atoms with Crippen molar-refractivity contribution in [3.8, 4) is 0 Å². The van der Waals surface area contributed by atoms with Crippen molar-refractivity contribution in [2.24, 2.45) is 0 Å². The third-order valence-corrected chi connectivity index (χ3v) is 3.97. The Bertz CT molecular complexity index is 796. The Hall–Kier alpha value is -2.58. The molecular weight excluding hydrogens is 368 g/mol. The Labute approximate surface area is 162 Å². The van der Waals surface area contributed by atoms with E-state index < -0.39 is 0 Å². The van der Waals surface area contributed by atoms with Crippen molar-refractivity contribution in [2.45, 2.75) is 26.7 Å². The maximum absolute atomic E-state index is 11.5. The highest BCUT2D eigenvalue weighted by molar-refractivity contribution is 7.80. The van der Waals surface area contributed by atoms with Crippen molar-refractivity contribution in [1.82, 2.24) is 10.6 Å². The van der Waals surface area contributed by atoms with E-state index in [0.717, 1.165) is 22.1 Å². The topological polar surface area (TPSA) is 82.3 Å². The van der Waals surface area contributed by atoms with E-state index in [4.69, 9.17) is 24.4 Å². The number of carbonyl (C=O) groups excluding carboxylic acids is 2. The normalized spacial score (nSPS) is 10.1. The molecular formula is C18H20N4O2S2. The SMILES string of the molecule is CCC(=O)NC(=S)Nc1cccc2c(NC(=S)NC(=O)CC)cccc12. The molecule has 0 aromatic heterocycles. The summed E-state index contributed by atoms with van der Waals surface area (Å²) in [6.07, 6.45) is 0.707. The molecule has 6 nitrogen and oxygen atoms in total. The third kappa shape index (κ3) is 5.21. The van der Waals surface area contributed by atoms with Crippen molar-refractivity contribution in [2.75, 3.05) is 10.6 Å². The van der Waals surface area contributed by atoms with Gasteiger partial charge >= 0.3 is 0 Å². The largest absolute Gasteiger partial charge is 0.332 e. The zero-order valence-electron chi connectivity index (χ0n) is 14.5. The second-order valence-corrected chi connectivity index (χ2v) is 6.23. The quantitative estimate of drug-likeness (QED) is 0.602. The first kappa shape index (κ1) is 19.7. The van der Waals surface area contributed by atoms with E-state index in [0.29, 0.717) is 12.8 Å². The van der Waals surface area contributed by atoms with Gasteiger partial charge in [0, 0.05) is 35.0 Å². The number of anilines is 2. The van der Waals surface area contributed by atoms with Crippen molar-refractivity contribution >= 4 is 68.6 Å². The van der Waals surface area contributed by atoms with Gasteiger partial charge in [0.1, 0.15) is 0 Å². The molecule has 2 rings (SSSR count). The van der Waals surface area contributed by atoms with Gasteiger partial charge < -0.3 is 21.3 Å². The number of benzene rings is 2. The van der Waals surface area contributed by atoms with E-state index in [1.807, 2.05) is 36.4 Å². The molecule has 136 valence electrons. The Morgan fingerprint density at radius 3 is 1.50 bits per heavy atom. The first-order valence-corrected chi connectivity index (χ1v) is 8.99. The summed E-state index contributed by atoms with van der Waals surface area (Å²) in [5.41, 5.74) is 1.52. The molecule has 0 radical (unpaired) electrons. The van der Waals surface area contributed by atoms with Crippen LogP contribution in [-0.2, 0) is 9.59 Å². The summed E-state index contributed by atoms with van der Waals surface area (Å²) < 4.78 is 0. The van der Waals surface area contributed by atoms with Crippen molar-refractivity contribution in [1.29, 1.82) is 0 Å². The van der Waals surface area contributed by atoms with Crippen LogP contribution >= 0.6 is 24.4 Å². The fraction of sp³-hybridized carbons (Fsp3) is 0.222. The molecule has 0 aliphatic rings. The molecule has 2 aromatic rings. The molecule has 0 saturated carbocycles. The zero-order valence-corrected chi connectivity index (χ0v) is 16.1. The number of nitrogens with one attached hydrogen (secondary N) is 4. The van der Waals surface area contributed by atoms with Crippen LogP contribution in [0.25, 0.3) is 10.8 Å². The second-order valence-electron chi connectivity index (χ2n) is 5.42. The summed E-state index contributed by atoms with van der Waals surface area (Å²) in [5.74, 6) is -0.302. The Balaban J connectivity index is 2.25. The monoisotopic (exact) mass is 388 g/mol. The van der Waals surface area contributed by atoms with E-state index in [1.165, 1.54) is 0 Å². The molecule has 2 amide bonds. The van der Waals surface area contributed by atoms with Gasteiger partial charge in [-0.3, -0.25) is 9.59 Å². The second kappa shape index (κ2) is 9.21. The first-order valence-electron chi connectivity index (χ1n) is 8.18. The van der Waals surface area contributed by atoms with Crippen molar-refractivity contribution < 1.29 is 9.59 Å². The predicted octanol–water partition coefficient (Wildman–Crippen LogP) is 3.29. The highest BCUT2D eigenvalue weighted by atomic mass is 32.1. The summed E-state index contributed by atoms with van der Waals surface area (Å²) in [7, 11) is 0. The standard InChI is InChI=1S/C18H20N4O2S2/c1-3-15(23)21-17(25)19-13-9-5-8-12-11(13)7-6-10-14(12)20-18(26)22-16(24)4-2/h5-10H,3-4H2,1-2H3,(H2,19,21,23,25)(H2,20,22,24,26). The Kier molecular flexibility index (Phi) is 6.99. The number of hydrogen-bond acceptors (Lipinski definition) is 4. The van der Waals surface area contributed by atoms with Crippen molar-refractivity contribution in [3.63, 3.8) is 0 Å². The van der Waals surface area contributed by atoms with Gasteiger partial charge in [-0.15, -0.1) is 0 Å². The molecule has 26 heavy (non-hydrogen) atoms. The summed E-state index contributed by atoms with van der Waals surface area (Å²) >= 11 is 10.4. The van der Waals surface area contributed by atoms with E-state index >= 15 is 0 Å². The minimum Gasteiger partial charge on any atom is -0.332 e. The molecule has 0 bridgehead atoms. The van der Waals surface area contributed by atoms with Gasteiger partial charge in [0.05, 0.1) is 0 Å². The lowest BCUT2D eigenvalue weighted by Gasteiger charge is -2.15. The first-order chi connectivity index (χ1) is 12.4. The molecule has 0 aliphatic carbocycles. The van der Waals surface area contributed by atoms with Crippen LogP contribution in [-0.4, -0.2) is 22.0 Å². The van der Waals surface area contributed by atoms with E-state index in [9.17, 15) is 9.59 Å². The molecule has 0 saturated heterocycles. The number of fused-ring (bicyclic) bond motifs is 1. The number of carbonyl (C=O) groups is 2. The van der Waals surface area contributed by atoms with Crippen LogP contribution in [0.15, 0.2) is 36.4 Å². The Morgan fingerprint density at radius 1 is 0.769 bits per heavy atom. The van der Waals surface area contributed by atoms with Crippen LogP contribution in [0.5, 0.6) is 0 Å². The van der Waals surface area contributed by atoms with Crippen LogP contribution in [0.2, 0.25) is 0 Å². The van der Waals surface area contributed by atoms with Gasteiger partial charge in [0.25, 0.3) is 0 Å². The van der Waals surface area contributed by atoms with Gasteiger partial charge in [0.15, 0.2) is 10.2 Å². The van der Waals surface area contributed by atoms with Gasteiger partial charge in [0.2, 0.25) is 11.8 Å². The minimum atomic E-state index is -0.151. The lowest BCUT2D eigenvalue weighted by Crippen LogP contribution is -2.33. The lowest BCUT2D eigenvalue weighted by molar-refractivity contribution is -0.120. The maximum atomic E-state index is 11.5. The molecule has 0 aliphatic heterocycles. The average molecular weight is 389 g/mol. The van der Waals surface area contributed by atoms with Gasteiger partial charge in [-0.05, 0) is 36.6 Å².